The van der Waals surface area contributed by atoms with Gasteiger partial charge in [-0.25, -0.2) is 4.98 Å². The second-order valence-corrected chi connectivity index (χ2v) is 4.17. The molecule has 0 saturated heterocycles. The first kappa shape index (κ1) is 12.2. The van der Waals surface area contributed by atoms with Crippen LogP contribution in [0.4, 0.5) is 0 Å². The first-order valence-corrected chi connectivity index (χ1v) is 5.23. The van der Waals surface area contributed by atoms with Crippen LogP contribution in [0, 0.1) is 5.92 Å². The first-order chi connectivity index (χ1) is 7.06. The Morgan fingerprint density at radius 3 is 2.60 bits per heavy atom. The number of rotatable bonds is 5. The molecule has 0 fully saturated rings. The van der Waals surface area contributed by atoms with Gasteiger partial charge in [0.25, 0.3) is 0 Å². The number of aliphatic hydroxyl groups is 1. The normalized spacial score (nSPS) is 15.6. The van der Waals surface area contributed by atoms with E-state index in [9.17, 15) is 5.11 Å². The van der Waals surface area contributed by atoms with Crippen LogP contribution in [-0.4, -0.2) is 34.0 Å². The van der Waals surface area contributed by atoms with Crippen molar-refractivity contribution in [2.45, 2.75) is 32.5 Å². The Balaban J connectivity index is 2.62. The monoisotopic (exact) mass is 212 g/mol. The van der Waals surface area contributed by atoms with Crippen molar-refractivity contribution in [3.05, 3.63) is 18.2 Å². The van der Waals surface area contributed by atoms with Gasteiger partial charge in [0, 0.05) is 33.0 Å². The molecular formula is C11H20N2O2. The second kappa shape index (κ2) is 5.28. The highest BCUT2D eigenvalue weighted by atomic mass is 16.5. The number of nitrogens with zero attached hydrogens (tertiary/aromatic N) is 2. The van der Waals surface area contributed by atoms with Gasteiger partial charge in [0.05, 0.1) is 12.2 Å². The van der Waals surface area contributed by atoms with Gasteiger partial charge in [-0.15, -0.1) is 0 Å². The van der Waals surface area contributed by atoms with E-state index in [-0.39, 0.29) is 6.10 Å². The largest absolute Gasteiger partial charge is 0.390 e. The lowest BCUT2D eigenvalue weighted by Gasteiger charge is -2.24. The fourth-order valence-corrected chi connectivity index (χ4v) is 1.77. The predicted molar refractivity (Wildman–Crippen MR) is 58.6 cm³/mol. The molecule has 0 aliphatic heterocycles. The fourth-order valence-electron chi connectivity index (χ4n) is 1.77. The average molecular weight is 212 g/mol. The molecule has 1 aromatic heterocycles. The molecule has 15 heavy (non-hydrogen) atoms. The van der Waals surface area contributed by atoms with Crippen LogP contribution in [0.1, 0.15) is 19.7 Å². The summed E-state index contributed by atoms with van der Waals surface area (Å²) in [6, 6.07) is 0. The zero-order valence-electron chi connectivity index (χ0n) is 9.84. The predicted octanol–water partition coefficient (Wildman–Crippen LogP) is 0.994. The quantitative estimate of drug-likeness (QED) is 0.792. The third kappa shape index (κ3) is 3.04. The molecule has 0 aliphatic carbocycles. The minimum atomic E-state index is -0.504. The molecular weight excluding hydrogens is 192 g/mol. The van der Waals surface area contributed by atoms with Gasteiger partial charge in [-0.05, 0) is 5.92 Å². The van der Waals surface area contributed by atoms with Crippen molar-refractivity contribution in [1.82, 2.24) is 9.55 Å². The lowest BCUT2D eigenvalue weighted by atomic mass is 9.99. The van der Waals surface area contributed by atoms with E-state index in [4.69, 9.17) is 4.74 Å². The molecule has 1 aromatic rings. The van der Waals surface area contributed by atoms with Crippen molar-refractivity contribution in [2.75, 3.05) is 7.11 Å². The minimum Gasteiger partial charge on any atom is -0.390 e. The maximum absolute atomic E-state index is 10.00. The van der Waals surface area contributed by atoms with Crippen molar-refractivity contribution in [2.24, 2.45) is 13.0 Å². The zero-order valence-corrected chi connectivity index (χ0v) is 9.84. The SMILES string of the molecule is COC(C(C)C)C(O)Cc1nccn1C. The Kier molecular flexibility index (Phi) is 4.29. The summed E-state index contributed by atoms with van der Waals surface area (Å²) in [5, 5.41) is 10.00. The maximum atomic E-state index is 10.00. The lowest BCUT2D eigenvalue weighted by Crippen LogP contribution is -2.35. The number of ether oxygens (including phenoxy) is 1. The molecule has 0 spiro atoms. The van der Waals surface area contributed by atoms with E-state index in [1.165, 1.54) is 0 Å². The lowest BCUT2D eigenvalue weighted by molar-refractivity contribution is -0.0377. The Bertz CT molecular complexity index is 297. The number of aliphatic hydroxyl groups excluding tert-OH is 1. The molecule has 1 rings (SSSR count). The summed E-state index contributed by atoms with van der Waals surface area (Å²) in [7, 11) is 3.55. The number of hydrogen-bond acceptors (Lipinski definition) is 3. The van der Waals surface area contributed by atoms with Gasteiger partial charge in [-0.1, -0.05) is 13.8 Å². The van der Waals surface area contributed by atoms with Crippen molar-refractivity contribution in [3.8, 4) is 0 Å². The van der Waals surface area contributed by atoms with E-state index in [0.717, 1.165) is 5.82 Å². The molecule has 1 heterocycles. The van der Waals surface area contributed by atoms with Gasteiger partial charge in [-0.3, -0.25) is 0 Å². The maximum Gasteiger partial charge on any atom is 0.111 e. The Labute approximate surface area is 90.9 Å². The Hall–Kier alpha value is -0.870. The Morgan fingerprint density at radius 1 is 1.53 bits per heavy atom. The average Bonchev–Trinajstić information content (AvgIpc) is 2.52. The molecule has 1 N–H and O–H groups in total. The van der Waals surface area contributed by atoms with Crippen molar-refractivity contribution in [1.29, 1.82) is 0 Å². The summed E-state index contributed by atoms with van der Waals surface area (Å²) in [5.74, 6) is 1.18. The van der Waals surface area contributed by atoms with Crippen molar-refractivity contribution < 1.29 is 9.84 Å². The van der Waals surface area contributed by atoms with E-state index in [1.54, 1.807) is 13.3 Å². The van der Waals surface area contributed by atoms with E-state index >= 15 is 0 Å². The van der Waals surface area contributed by atoms with Gasteiger partial charge in [-0.2, -0.15) is 0 Å². The van der Waals surface area contributed by atoms with Crippen LogP contribution in [0.5, 0.6) is 0 Å². The van der Waals surface area contributed by atoms with E-state index in [0.29, 0.717) is 12.3 Å². The summed E-state index contributed by atoms with van der Waals surface area (Å²) in [6.07, 6.45) is 3.50. The highest BCUT2D eigenvalue weighted by Gasteiger charge is 2.23. The Morgan fingerprint density at radius 2 is 2.20 bits per heavy atom. The summed E-state index contributed by atoms with van der Waals surface area (Å²) in [4.78, 5) is 4.18. The standard InChI is InChI=1S/C11H20N2O2/c1-8(2)11(15-4)9(14)7-10-12-5-6-13(10)3/h5-6,8-9,11,14H,7H2,1-4H3. The molecule has 4 nitrogen and oxygen atoms in total. The molecule has 0 aliphatic rings. The molecule has 0 amide bonds. The summed E-state index contributed by atoms with van der Waals surface area (Å²) in [5.41, 5.74) is 0. The summed E-state index contributed by atoms with van der Waals surface area (Å²) < 4.78 is 7.19. The van der Waals surface area contributed by atoms with E-state index in [1.807, 2.05) is 31.7 Å². The molecule has 0 radical (unpaired) electrons. The van der Waals surface area contributed by atoms with Crippen LogP contribution in [0.3, 0.4) is 0 Å². The van der Waals surface area contributed by atoms with Crippen LogP contribution in [0.15, 0.2) is 12.4 Å². The summed E-state index contributed by atoms with van der Waals surface area (Å²) >= 11 is 0. The smallest absolute Gasteiger partial charge is 0.111 e. The third-order valence-corrected chi connectivity index (χ3v) is 2.62. The molecule has 0 saturated carbocycles. The second-order valence-electron chi connectivity index (χ2n) is 4.17. The molecule has 4 heteroatoms. The van der Waals surface area contributed by atoms with Crippen LogP contribution in [-0.2, 0) is 18.2 Å². The summed E-state index contributed by atoms with van der Waals surface area (Å²) in [6.45, 7) is 4.08. The number of imidazole rings is 1. The zero-order chi connectivity index (χ0) is 11.4. The van der Waals surface area contributed by atoms with E-state index < -0.39 is 6.10 Å². The number of hydrogen-bond donors (Lipinski definition) is 1. The van der Waals surface area contributed by atoms with Gasteiger partial charge in [0.15, 0.2) is 0 Å². The number of aryl methyl sites for hydroxylation is 1. The van der Waals surface area contributed by atoms with E-state index in [2.05, 4.69) is 4.98 Å². The molecule has 0 bridgehead atoms. The molecule has 2 unspecified atom stereocenters. The highest BCUT2D eigenvalue weighted by Crippen LogP contribution is 2.13. The molecule has 86 valence electrons. The minimum absolute atomic E-state index is 0.137. The fraction of sp³-hybridized carbons (Fsp3) is 0.727. The molecule has 0 aromatic carbocycles. The first-order valence-electron chi connectivity index (χ1n) is 5.23. The van der Waals surface area contributed by atoms with Crippen molar-refractivity contribution >= 4 is 0 Å². The topological polar surface area (TPSA) is 47.3 Å². The van der Waals surface area contributed by atoms with Crippen LogP contribution in [0.25, 0.3) is 0 Å². The molecule has 2 atom stereocenters. The number of methoxy groups -OCH3 is 1. The van der Waals surface area contributed by atoms with Crippen LogP contribution in [0.2, 0.25) is 0 Å². The van der Waals surface area contributed by atoms with Crippen LogP contribution >= 0.6 is 0 Å². The highest BCUT2D eigenvalue weighted by molar-refractivity contribution is 4.94. The van der Waals surface area contributed by atoms with Crippen LogP contribution < -0.4 is 0 Å². The van der Waals surface area contributed by atoms with Gasteiger partial charge < -0.3 is 14.4 Å². The number of aromatic nitrogens is 2. The van der Waals surface area contributed by atoms with Crippen molar-refractivity contribution in [3.63, 3.8) is 0 Å². The third-order valence-electron chi connectivity index (χ3n) is 2.62. The van der Waals surface area contributed by atoms with Gasteiger partial charge in [0.2, 0.25) is 0 Å². The van der Waals surface area contributed by atoms with Gasteiger partial charge >= 0.3 is 0 Å². The van der Waals surface area contributed by atoms with Gasteiger partial charge in [0.1, 0.15) is 5.82 Å².